The van der Waals surface area contributed by atoms with Gasteiger partial charge in [-0.3, -0.25) is 4.79 Å². The quantitative estimate of drug-likeness (QED) is 0.200. The maximum Gasteiger partial charge on any atom is 0.248 e. The second-order valence-corrected chi connectivity index (χ2v) is 7.85. The molecule has 0 atom stereocenters. The van der Waals surface area contributed by atoms with Crippen LogP contribution < -0.4 is 33.7 Å². The Morgan fingerprint density at radius 1 is 0.632 bits per heavy atom. The van der Waals surface area contributed by atoms with E-state index in [0.717, 1.165) is 11.1 Å². The van der Waals surface area contributed by atoms with E-state index in [1.807, 2.05) is 24.3 Å². The van der Waals surface area contributed by atoms with Gasteiger partial charge in [0.1, 0.15) is 5.75 Å². The highest BCUT2D eigenvalue weighted by Crippen LogP contribution is 2.39. The first kappa shape index (κ1) is 27.8. The van der Waals surface area contributed by atoms with E-state index in [4.69, 9.17) is 28.4 Å². The van der Waals surface area contributed by atoms with Crippen molar-refractivity contribution < 1.29 is 38.3 Å². The highest BCUT2D eigenvalue weighted by atomic mass is 16.5. The molecular formula is C29H31NO8. The number of rotatable bonds is 11. The van der Waals surface area contributed by atoms with Gasteiger partial charge >= 0.3 is 0 Å². The van der Waals surface area contributed by atoms with E-state index in [1.54, 1.807) is 57.7 Å². The summed E-state index contributed by atoms with van der Waals surface area (Å²) in [5, 5.41) is 13.1. The fourth-order valence-corrected chi connectivity index (χ4v) is 3.69. The van der Waals surface area contributed by atoms with Crippen molar-refractivity contribution in [1.82, 2.24) is 0 Å². The van der Waals surface area contributed by atoms with Crippen LogP contribution in [-0.4, -0.2) is 53.7 Å². The van der Waals surface area contributed by atoms with Crippen LogP contribution in [0.3, 0.4) is 0 Å². The lowest BCUT2D eigenvalue weighted by atomic mass is 10.1. The Hall–Kier alpha value is -4.79. The molecule has 38 heavy (non-hydrogen) atoms. The minimum absolute atomic E-state index is 0.0772. The molecule has 3 aromatic carbocycles. The van der Waals surface area contributed by atoms with E-state index in [0.29, 0.717) is 40.1 Å². The summed E-state index contributed by atoms with van der Waals surface area (Å²) in [6.07, 6.45) is 6.61. The fraction of sp³-hybridized carbons (Fsp3) is 0.207. The molecule has 0 fully saturated rings. The molecule has 0 aliphatic rings. The van der Waals surface area contributed by atoms with Crippen LogP contribution in [-0.2, 0) is 4.79 Å². The Balaban J connectivity index is 1.73. The van der Waals surface area contributed by atoms with Crippen LogP contribution in [0.2, 0.25) is 0 Å². The summed E-state index contributed by atoms with van der Waals surface area (Å²) in [4.78, 5) is 12.5. The van der Waals surface area contributed by atoms with Gasteiger partial charge in [0.2, 0.25) is 17.4 Å². The number of carbonyl (C=O) groups is 1. The number of anilines is 1. The summed E-state index contributed by atoms with van der Waals surface area (Å²) >= 11 is 0. The molecule has 0 aromatic heterocycles. The van der Waals surface area contributed by atoms with Gasteiger partial charge < -0.3 is 38.8 Å². The molecule has 9 heteroatoms. The van der Waals surface area contributed by atoms with Crippen LogP contribution >= 0.6 is 0 Å². The minimum Gasteiger partial charge on any atom is -0.506 e. The van der Waals surface area contributed by atoms with Crippen LogP contribution in [0.1, 0.15) is 16.7 Å². The van der Waals surface area contributed by atoms with Gasteiger partial charge in [-0.15, -0.1) is 0 Å². The molecule has 0 spiro atoms. The van der Waals surface area contributed by atoms with Gasteiger partial charge in [-0.2, -0.15) is 0 Å². The smallest absolute Gasteiger partial charge is 0.248 e. The largest absolute Gasteiger partial charge is 0.506 e. The maximum absolute atomic E-state index is 12.5. The van der Waals surface area contributed by atoms with Gasteiger partial charge in [-0.25, -0.2) is 0 Å². The number of ether oxygens (including phenoxy) is 6. The van der Waals surface area contributed by atoms with Crippen molar-refractivity contribution in [2.24, 2.45) is 0 Å². The summed E-state index contributed by atoms with van der Waals surface area (Å²) < 4.78 is 32.1. The molecule has 3 aromatic rings. The average molecular weight is 522 g/mol. The van der Waals surface area contributed by atoms with Gasteiger partial charge in [-0.05, 0) is 59.2 Å². The first-order valence-electron chi connectivity index (χ1n) is 11.5. The van der Waals surface area contributed by atoms with Crippen molar-refractivity contribution in [3.8, 4) is 40.2 Å². The lowest BCUT2D eigenvalue weighted by Gasteiger charge is -2.13. The molecule has 0 heterocycles. The Morgan fingerprint density at radius 2 is 1.08 bits per heavy atom. The van der Waals surface area contributed by atoms with Crippen molar-refractivity contribution in [2.45, 2.75) is 0 Å². The van der Waals surface area contributed by atoms with Gasteiger partial charge in [0, 0.05) is 6.08 Å². The van der Waals surface area contributed by atoms with Crippen molar-refractivity contribution in [1.29, 1.82) is 0 Å². The van der Waals surface area contributed by atoms with E-state index < -0.39 is 5.91 Å². The zero-order valence-electron chi connectivity index (χ0n) is 22.2. The fourth-order valence-electron chi connectivity index (χ4n) is 3.69. The van der Waals surface area contributed by atoms with Crippen molar-refractivity contribution in [3.05, 3.63) is 65.2 Å². The molecule has 1 amide bonds. The summed E-state index contributed by atoms with van der Waals surface area (Å²) in [5.74, 6) is 2.48. The van der Waals surface area contributed by atoms with E-state index in [1.165, 1.54) is 27.4 Å². The summed E-state index contributed by atoms with van der Waals surface area (Å²) in [6.45, 7) is 0. The van der Waals surface area contributed by atoms with Crippen LogP contribution in [0.5, 0.6) is 40.2 Å². The van der Waals surface area contributed by atoms with Gasteiger partial charge in [0.15, 0.2) is 23.0 Å². The topological polar surface area (TPSA) is 105 Å². The highest BCUT2D eigenvalue weighted by Gasteiger charge is 2.13. The molecule has 9 nitrogen and oxygen atoms in total. The zero-order chi connectivity index (χ0) is 27.7. The van der Waals surface area contributed by atoms with Gasteiger partial charge in [0.25, 0.3) is 0 Å². The number of phenols is 1. The lowest BCUT2D eigenvalue weighted by Crippen LogP contribution is -2.07. The molecule has 0 radical (unpaired) electrons. The number of aromatic hydroxyl groups is 1. The monoisotopic (exact) mass is 521 g/mol. The Morgan fingerprint density at radius 3 is 1.50 bits per heavy atom. The molecule has 0 unspecified atom stereocenters. The number of amides is 1. The number of nitrogens with one attached hydrogen (secondary N) is 1. The van der Waals surface area contributed by atoms with Gasteiger partial charge in [-0.1, -0.05) is 18.2 Å². The predicted molar refractivity (Wildman–Crippen MR) is 147 cm³/mol. The van der Waals surface area contributed by atoms with Crippen LogP contribution in [0.4, 0.5) is 5.69 Å². The number of hydrogen-bond acceptors (Lipinski definition) is 8. The number of carbonyl (C=O) groups excluding carboxylic acids is 1. The van der Waals surface area contributed by atoms with Crippen molar-refractivity contribution >= 4 is 29.8 Å². The number of phenolic OH excluding ortho intramolecular Hbond substituents is 1. The van der Waals surface area contributed by atoms with Crippen molar-refractivity contribution in [3.63, 3.8) is 0 Å². The minimum atomic E-state index is -0.422. The van der Waals surface area contributed by atoms with Crippen LogP contribution in [0, 0.1) is 0 Å². The third kappa shape index (κ3) is 6.50. The average Bonchev–Trinajstić information content (AvgIpc) is 2.94. The lowest BCUT2D eigenvalue weighted by molar-refractivity contribution is -0.111. The molecule has 2 N–H and O–H groups in total. The number of benzene rings is 3. The maximum atomic E-state index is 12.5. The second kappa shape index (κ2) is 13.0. The number of hydrogen-bond donors (Lipinski definition) is 2. The van der Waals surface area contributed by atoms with Crippen molar-refractivity contribution in [2.75, 3.05) is 48.0 Å². The molecule has 0 saturated carbocycles. The first-order chi connectivity index (χ1) is 18.4. The predicted octanol–water partition coefficient (Wildman–Crippen LogP) is 5.27. The number of methoxy groups -OCH3 is 6. The Bertz CT molecular complexity index is 1300. The molecular weight excluding hydrogens is 490 g/mol. The summed E-state index contributed by atoms with van der Waals surface area (Å²) in [6, 6.07) is 12.0. The molecule has 0 bridgehead atoms. The molecule has 0 saturated heterocycles. The van der Waals surface area contributed by atoms with Gasteiger partial charge in [0.05, 0.1) is 48.3 Å². The standard InChI is InChI=1S/C29H31NO8/c1-33-23-14-19(15-24(34-2)28(23)37-5)8-7-18-9-11-21(22(31)13-18)30-27(32)12-10-20-16-25(35-3)29(38-6)26(17-20)36-4/h7-17,31H,1-6H3,(H,30,32)/b8-7+,12-10+. The van der Waals surface area contributed by atoms with Crippen LogP contribution in [0.25, 0.3) is 18.2 Å². The van der Waals surface area contributed by atoms with Crippen LogP contribution in [0.15, 0.2) is 48.5 Å². The Kier molecular flexibility index (Phi) is 9.48. The van der Waals surface area contributed by atoms with E-state index in [9.17, 15) is 9.90 Å². The van der Waals surface area contributed by atoms with E-state index in [-0.39, 0.29) is 11.4 Å². The summed E-state index contributed by atoms with van der Waals surface area (Å²) in [7, 11) is 9.20. The Labute approximate surface area is 221 Å². The molecule has 200 valence electrons. The normalized spacial score (nSPS) is 10.9. The molecule has 0 aliphatic carbocycles. The third-order valence-electron chi connectivity index (χ3n) is 5.55. The second-order valence-electron chi connectivity index (χ2n) is 7.85. The van der Waals surface area contributed by atoms with E-state index in [2.05, 4.69) is 5.32 Å². The highest BCUT2D eigenvalue weighted by molar-refractivity contribution is 6.03. The molecule has 3 rings (SSSR count). The third-order valence-corrected chi connectivity index (χ3v) is 5.55. The first-order valence-corrected chi connectivity index (χ1v) is 11.5. The summed E-state index contributed by atoms with van der Waals surface area (Å²) in [5.41, 5.74) is 2.48. The van der Waals surface area contributed by atoms with E-state index >= 15 is 0 Å². The zero-order valence-corrected chi connectivity index (χ0v) is 22.2. The molecule has 0 aliphatic heterocycles. The SMILES string of the molecule is COc1cc(/C=C/C(=O)Nc2ccc(/C=C/c3cc(OC)c(OC)c(OC)c3)cc2O)cc(OC)c1OC.